The van der Waals surface area contributed by atoms with E-state index in [1.54, 1.807) is 51.8 Å². The second-order valence-electron chi connectivity index (χ2n) is 4.99. The van der Waals surface area contributed by atoms with Crippen LogP contribution in [0.15, 0.2) is 39.9 Å². The van der Waals surface area contributed by atoms with Crippen LogP contribution >= 0.6 is 23.4 Å². The molecule has 7 nitrogen and oxygen atoms in total. The maximum atomic E-state index is 6.10. The molecule has 0 N–H and O–H groups in total. The van der Waals surface area contributed by atoms with Crippen LogP contribution in [0, 0.1) is 0 Å². The molecule has 1 aromatic carbocycles. The smallest absolute Gasteiger partial charge is 0.248 e. The zero-order valence-corrected chi connectivity index (χ0v) is 15.9. The van der Waals surface area contributed by atoms with Crippen LogP contribution in [-0.2, 0) is 5.75 Å². The van der Waals surface area contributed by atoms with Crippen molar-refractivity contribution >= 4 is 23.4 Å². The summed E-state index contributed by atoms with van der Waals surface area (Å²) in [6, 6.07) is 7.07. The van der Waals surface area contributed by atoms with E-state index in [0.29, 0.717) is 50.4 Å². The van der Waals surface area contributed by atoms with E-state index in [4.69, 9.17) is 30.2 Å². The Balaban J connectivity index is 1.82. The van der Waals surface area contributed by atoms with Gasteiger partial charge in [0.15, 0.2) is 11.5 Å². The Labute approximate surface area is 159 Å². The Kier molecular flexibility index (Phi) is 5.85. The largest absolute Gasteiger partial charge is 0.493 e. The van der Waals surface area contributed by atoms with Crippen LogP contribution in [0.2, 0.25) is 5.02 Å². The van der Waals surface area contributed by atoms with E-state index >= 15 is 0 Å². The monoisotopic (exact) mass is 393 g/mol. The van der Waals surface area contributed by atoms with Gasteiger partial charge in [0, 0.05) is 11.8 Å². The summed E-state index contributed by atoms with van der Waals surface area (Å²) >= 11 is 7.52. The minimum absolute atomic E-state index is 0.354. The Bertz CT molecular complexity index is 878. The van der Waals surface area contributed by atoms with Crippen LogP contribution in [-0.4, -0.2) is 36.5 Å². The van der Waals surface area contributed by atoms with Gasteiger partial charge in [-0.1, -0.05) is 23.4 Å². The maximum absolute atomic E-state index is 6.10. The van der Waals surface area contributed by atoms with E-state index in [0.717, 1.165) is 0 Å². The predicted molar refractivity (Wildman–Crippen MR) is 98.2 cm³/mol. The minimum Gasteiger partial charge on any atom is -0.493 e. The van der Waals surface area contributed by atoms with E-state index in [9.17, 15) is 0 Å². The van der Waals surface area contributed by atoms with Crippen molar-refractivity contribution in [1.82, 2.24) is 15.2 Å². The van der Waals surface area contributed by atoms with Gasteiger partial charge in [-0.3, -0.25) is 0 Å². The summed E-state index contributed by atoms with van der Waals surface area (Å²) in [4.78, 5) is 4.22. The van der Waals surface area contributed by atoms with Crippen molar-refractivity contribution in [1.29, 1.82) is 0 Å². The number of benzene rings is 1. The van der Waals surface area contributed by atoms with Gasteiger partial charge in [0.2, 0.25) is 17.5 Å². The third-order valence-corrected chi connectivity index (χ3v) is 4.84. The van der Waals surface area contributed by atoms with Gasteiger partial charge in [0.1, 0.15) is 5.03 Å². The lowest BCUT2D eigenvalue weighted by molar-refractivity contribution is 0.324. The first-order valence-electron chi connectivity index (χ1n) is 7.52. The summed E-state index contributed by atoms with van der Waals surface area (Å²) in [7, 11) is 4.64. The highest BCUT2D eigenvalue weighted by atomic mass is 35.5. The second kappa shape index (κ2) is 8.29. The first-order valence-corrected chi connectivity index (χ1v) is 8.88. The molecule has 0 aliphatic carbocycles. The van der Waals surface area contributed by atoms with Crippen molar-refractivity contribution < 1.29 is 18.6 Å². The Morgan fingerprint density at radius 3 is 2.42 bits per heavy atom. The van der Waals surface area contributed by atoms with E-state index < -0.39 is 0 Å². The van der Waals surface area contributed by atoms with Crippen LogP contribution in [0.3, 0.4) is 0 Å². The first kappa shape index (κ1) is 18.3. The molecule has 0 bridgehead atoms. The van der Waals surface area contributed by atoms with Gasteiger partial charge >= 0.3 is 0 Å². The predicted octanol–water partition coefficient (Wildman–Crippen LogP) is 4.10. The molecule has 136 valence electrons. The van der Waals surface area contributed by atoms with Crippen molar-refractivity contribution in [2.24, 2.45) is 0 Å². The molecule has 0 unspecified atom stereocenters. The summed E-state index contributed by atoms with van der Waals surface area (Å²) in [5, 5.41) is 9.46. The van der Waals surface area contributed by atoms with Crippen LogP contribution in [0.25, 0.3) is 11.5 Å². The van der Waals surface area contributed by atoms with Gasteiger partial charge in [-0.2, -0.15) is 0 Å². The van der Waals surface area contributed by atoms with Crippen molar-refractivity contribution in [2.45, 2.75) is 10.8 Å². The summed E-state index contributed by atoms with van der Waals surface area (Å²) in [6.07, 6.45) is 1.68. The molecule has 2 aromatic heterocycles. The lowest BCUT2D eigenvalue weighted by Crippen LogP contribution is -1.95. The number of aromatic nitrogens is 3. The van der Waals surface area contributed by atoms with Gasteiger partial charge < -0.3 is 18.6 Å². The van der Waals surface area contributed by atoms with Crippen molar-refractivity contribution in [2.75, 3.05) is 21.3 Å². The highest BCUT2D eigenvalue weighted by Crippen LogP contribution is 2.41. The fourth-order valence-electron chi connectivity index (χ4n) is 2.24. The van der Waals surface area contributed by atoms with Gasteiger partial charge in [-0.15, -0.1) is 10.2 Å². The number of methoxy groups -OCH3 is 3. The summed E-state index contributed by atoms with van der Waals surface area (Å²) in [5.74, 6) is 2.78. The van der Waals surface area contributed by atoms with Crippen molar-refractivity contribution in [3.8, 4) is 28.7 Å². The molecule has 0 fully saturated rings. The summed E-state index contributed by atoms with van der Waals surface area (Å²) in [5.41, 5.74) is 0.666. The molecule has 0 saturated heterocycles. The Morgan fingerprint density at radius 1 is 1.08 bits per heavy atom. The van der Waals surface area contributed by atoms with E-state index in [-0.39, 0.29) is 0 Å². The molecule has 0 spiro atoms. The van der Waals surface area contributed by atoms with Gasteiger partial charge in [0.25, 0.3) is 0 Å². The number of hydrogen-bond acceptors (Lipinski definition) is 8. The molecule has 0 aliphatic heterocycles. The first-order chi connectivity index (χ1) is 12.7. The molecule has 2 heterocycles. The third-order valence-electron chi connectivity index (χ3n) is 3.44. The zero-order valence-electron chi connectivity index (χ0n) is 14.4. The fourth-order valence-corrected chi connectivity index (χ4v) is 3.24. The molecule has 0 amide bonds. The second-order valence-corrected chi connectivity index (χ2v) is 6.37. The number of hydrogen-bond donors (Lipinski definition) is 0. The highest BCUT2D eigenvalue weighted by molar-refractivity contribution is 7.98. The van der Waals surface area contributed by atoms with E-state index in [1.807, 2.05) is 0 Å². The molecule has 0 saturated carbocycles. The van der Waals surface area contributed by atoms with Crippen LogP contribution in [0.4, 0.5) is 0 Å². The molecule has 3 rings (SSSR count). The van der Waals surface area contributed by atoms with Gasteiger partial charge in [-0.25, -0.2) is 4.98 Å². The SMILES string of the molecule is COc1cc(-c2nnc(CSc3ncccc3Cl)o2)cc(OC)c1OC. The number of ether oxygens (including phenoxy) is 3. The number of nitrogens with zero attached hydrogens (tertiary/aromatic N) is 3. The lowest BCUT2D eigenvalue weighted by Gasteiger charge is -2.12. The number of halogens is 1. The molecule has 9 heteroatoms. The molecule has 26 heavy (non-hydrogen) atoms. The fraction of sp³-hybridized carbons (Fsp3) is 0.235. The van der Waals surface area contributed by atoms with E-state index in [1.165, 1.54) is 11.8 Å². The number of rotatable bonds is 7. The molecular weight excluding hydrogens is 378 g/mol. The average molecular weight is 394 g/mol. The van der Waals surface area contributed by atoms with Crippen molar-refractivity contribution in [3.05, 3.63) is 41.4 Å². The summed E-state index contributed by atoms with van der Waals surface area (Å²) < 4.78 is 21.7. The standard InChI is InChI=1S/C17H16ClN3O4S/c1-22-12-7-10(8-13(23-2)15(12)24-3)16-21-20-14(25-16)9-26-17-11(18)5-4-6-19-17/h4-8H,9H2,1-3H3. The van der Waals surface area contributed by atoms with Crippen LogP contribution < -0.4 is 14.2 Å². The minimum atomic E-state index is 0.354. The molecule has 0 atom stereocenters. The zero-order chi connectivity index (χ0) is 18.5. The van der Waals surface area contributed by atoms with Crippen molar-refractivity contribution in [3.63, 3.8) is 0 Å². The summed E-state index contributed by atoms with van der Waals surface area (Å²) in [6.45, 7) is 0. The lowest BCUT2D eigenvalue weighted by atomic mass is 10.2. The average Bonchev–Trinajstić information content (AvgIpc) is 3.15. The molecule has 0 aliphatic rings. The van der Waals surface area contributed by atoms with Gasteiger partial charge in [0.05, 0.1) is 32.1 Å². The number of pyridine rings is 1. The topological polar surface area (TPSA) is 79.5 Å². The Morgan fingerprint density at radius 2 is 1.81 bits per heavy atom. The Hall–Kier alpha value is -2.45. The van der Waals surface area contributed by atoms with Gasteiger partial charge in [-0.05, 0) is 24.3 Å². The quantitative estimate of drug-likeness (QED) is 0.555. The highest BCUT2D eigenvalue weighted by Gasteiger charge is 2.17. The third kappa shape index (κ3) is 3.86. The maximum Gasteiger partial charge on any atom is 0.248 e. The molecular formula is C17H16ClN3O4S. The molecule has 0 radical (unpaired) electrons. The van der Waals surface area contributed by atoms with Crippen LogP contribution in [0.5, 0.6) is 17.2 Å². The molecule has 3 aromatic rings. The van der Waals surface area contributed by atoms with E-state index in [2.05, 4.69) is 15.2 Å². The number of thioether (sulfide) groups is 1. The normalized spacial score (nSPS) is 10.6. The van der Waals surface area contributed by atoms with Crippen LogP contribution in [0.1, 0.15) is 5.89 Å².